The van der Waals surface area contributed by atoms with Gasteiger partial charge in [0.1, 0.15) is 17.3 Å². The van der Waals surface area contributed by atoms with Crippen LogP contribution in [0.25, 0.3) is 0 Å². The highest BCUT2D eigenvalue weighted by Crippen LogP contribution is 2.51. The molecule has 2 fully saturated rings. The number of carbonyl (C=O) groups excluding carboxylic acids is 3. The van der Waals surface area contributed by atoms with Gasteiger partial charge in [-0.25, -0.2) is 0 Å². The zero-order chi connectivity index (χ0) is 23.1. The second kappa shape index (κ2) is 11.0. The average molecular weight is 448 g/mol. The van der Waals surface area contributed by atoms with Crippen molar-refractivity contribution in [2.24, 2.45) is 5.92 Å². The molecule has 0 unspecified atom stereocenters. The van der Waals surface area contributed by atoms with Gasteiger partial charge in [0.25, 0.3) is 0 Å². The number of carbonyl (C=O) groups is 3. The molecule has 0 bridgehead atoms. The van der Waals surface area contributed by atoms with Gasteiger partial charge in [0.05, 0.1) is 18.8 Å². The van der Waals surface area contributed by atoms with E-state index in [1.54, 1.807) is 37.5 Å². The van der Waals surface area contributed by atoms with Crippen molar-refractivity contribution in [1.82, 2.24) is 15.1 Å². The number of nitrogens with zero attached hydrogens (tertiary/aromatic N) is 2. The average Bonchev–Trinajstić information content (AvgIpc) is 3.40. The van der Waals surface area contributed by atoms with E-state index in [0.717, 1.165) is 32.1 Å². The summed E-state index contributed by atoms with van der Waals surface area (Å²) in [5.41, 5.74) is -1.04. The van der Waals surface area contributed by atoms with E-state index in [1.165, 1.54) is 0 Å². The first kappa shape index (κ1) is 24.3. The van der Waals surface area contributed by atoms with Gasteiger partial charge in [0.15, 0.2) is 0 Å². The van der Waals surface area contributed by atoms with Crippen LogP contribution in [-0.2, 0) is 19.1 Å². The molecule has 0 radical (unpaired) electrons. The van der Waals surface area contributed by atoms with Crippen molar-refractivity contribution in [3.63, 3.8) is 0 Å². The van der Waals surface area contributed by atoms with Gasteiger partial charge in [0.2, 0.25) is 17.7 Å². The maximum atomic E-state index is 14.0. The minimum atomic E-state index is -1.04. The normalized spacial score (nSPS) is 25.9. The van der Waals surface area contributed by atoms with E-state index in [0.29, 0.717) is 44.7 Å². The fourth-order valence-electron chi connectivity index (χ4n) is 5.32. The molecule has 1 N–H and O–H groups in total. The topological polar surface area (TPSA) is 92.1 Å². The summed E-state index contributed by atoms with van der Waals surface area (Å²) < 4.78 is 10.9. The number of rotatable bonds is 9. The van der Waals surface area contributed by atoms with E-state index in [9.17, 15) is 14.4 Å². The Morgan fingerprint density at radius 1 is 1.31 bits per heavy atom. The fourth-order valence-corrected chi connectivity index (χ4v) is 5.32. The van der Waals surface area contributed by atoms with Gasteiger partial charge >= 0.3 is 0 Å². The highest BCUT2D eigenvalue weighted by molar-refractivity contribution is 5.95. The summed E-state index contributed by atoms with van der Waals surface area (Å²) in [7, 11) is 3.21. The van der Waals surface area contributed by atoms with Crippen molar-refractivity contribution in [1.29, 1.82) is 0 Å². The first-order chi connectivity index (χ1) is 15.5. The molecular formula is C24H37N3O5. The zero-order valence-corrected chi connectivity index (χ0v) is 19.6. The number of ether oxygens (including phenoxy) is 1. The molecule has 8 heteroatoms. The summed E-state index contributed by atoms with van der Waals surface area (Å²) in [6.45, 7) is 3.65. The lowest BCUT2D eigenvalue weighted by Gasteiger charge is -2.41. The van der Waals surface area contributed by atoms with E-state index >= 15 is 0 Å². The largest absolute Gasteiger partial charge is 0.467 e. The summed E-state index contributed by atoms with van der Waals surface area (Å²) >= 11 is 0. The Balaban J connectivity index is 2.07. The van der Waals surface area contributed by atoms with Gasteiger partial charge in [-0.05, 0) is 44.2 Å². The van der Waals surface area contributed by atoms with Gasteiger partial charge in [-0.2, -0.15) is 0 Å². The molecule has 2 aliphatic rings. The minimum absolute atomic E-state index is 0.0705. The monoisotopic (exact) mass is 447 g/mol. The Bertz CT molecular complexity index is 781. The van der Waals surface area contributed by atoms with Gasteiger partial charge < -0.3 is 24.3 Å². The van der Waals surface area contributed by atoms with Crippen molar-refractivity contribution < 1.29 is 23.5 Å². The SMILES string of the molecule is CCCCCC(=O)N1[C@@H](c2ccco2)[C@@H](C(=O)NC)C[C@]12CCCCN(CCOC)C2=O. The number of hydrogen-bond donors (Lipinski definition) is 1. The molecule has 2 aliphatic heterocycles. The van der Waals surface area contributed by atoms with Crippen LogP contribution in [0.2, 0.25) is 0 Å². The van der Waals surface area contributed by atoms with Crippen LogP contribution in [0.4, 0.5) is 0 Å². The van der Waals surface area contributed by atoms with Crippen molar-refractivity contribution in [2.75, 3.05) is 33.9 Å². The Kier molecular flexibility index (Phi) is 8.34. The van der Waals surface area contributed by atoms with Gasteiger partial charge in [-0.15, -0.1) is 0 Å². The summed E-state index contributed by atoms with van der Waals surface area (Å²) in [5.74, 6) is -0.311. The molecule has 0 aromatic carbocycles. The van der Waals surface area contributed by atoms with Gasteiger partial charge in [0, 0.05) is 33.7 Å². The van der Waals surface area contributed by atoms with Gasteiger partial charge in [-0.3, -0.25) is 14.4 Å². The molecule has 3 amide bonds. The van der Waals surface area contributed by atoms with E-state index < -0.39 is 17.5 Å². The van der Waals surface area contributed by atoms with Crippen LogP contribution in [0.15, 0.2) is 22.8 Å². The third kappa shape index (κ3) is 4.70. The van der Waals surface area contributed by atoms with Crippen molar-refractivity contribution >= 4 is 17.7 Å². The van der Waals surface area contributed by atoms with E-state index in [1.807, 2.05) is 4.90 Å². The molecule has 3 rings (SSSR count). The second-order valence-electron chi connectivity index (χ2n) is 8.88. The van der Waals surface area contributed by atoms with Crippen LogP contribution < -0.4 is 5.32 Å². The molecular weight excluding hydrogens is 410 g/mol. The van der Waals surface area contributed by atoms with E-state index in [-0.39, 0.29) is 17.7 Å². The third-order valence-corrected chi connectivity index (χ3v) is 6.88. The molecule has 1 aromatic heterocycles. The fraction of sp³-hybridized carbons (Fsp3) is 0.708. The summed E-state index contributed by atoms with van der Waals surface area (Å²) in [5, 5.41) is 2.75. The smallest absolute Gasteiger partial charge is 0.248 e. The number of likely N-dealkylation sites (tertiary alicyclic amines) is 2. The molecule has 0 saturated carbocycles. The second-order valence-corrected chi connectivity index (χ2v) is 8.88. The number of unbranched alkanes of at least 4 members (excludes halogenated alkanes) is 2. The highest BCUT2D eigenvalue weighted by Gasteiger charge is 2.61. The lowest BCUT2D eigenvalue weighted by Crippen LogP contribution is -2.58. The Labute approximate surface area is 190 Å². The van der Waals surface area contributed by atoms with Gasteiger partial charge in [-0.1, -0.05) is 19.8 Å². The highest BCUT2D eigenvalue weighted by atomic mass is 16.5. The molecule has 0 aliphatic carbocycles. The van der Waals surface area contributed by atoms with Crippen LogP contribution >= 0.6 is 0 Å². The van der Waals surface area contributed by atoms with Crippen LogP contribution in [0, 0.1) is 5.92 Å². The van der Waals surface area contributed by atoms with Crippen LogP contribution in [0.3, 0.4) is 0 Å². The van der Waals surface area contributed by atoms with E-state index in [4.69, 9.17) is 9.15 Å². The zero-order valence-electron chi connectivity index (χ0n) is 19.6. The lowest BCUT2D eigenvalue weighted by molar-refractivity contribution is -0.154. The van der Waals surface area contributed by atoms with Crippen LogP contribution in [0.1, 0.15) is 70.1 Å². The van der Waals surface area contributed by atoms with Crippen LogP contribution in [0.5, 0.6) is 0 Å². The molecule has 1 aromatic rings. The third-order valence-electron chi connectivity index (χ3n) is 6.88. The van der Waals surface area contributed by atoms with E-state index in [2.05, 4.69) is 12.2 Å². The quantitative estimate of drug-likeness (QED) is 0.588. The standard InChI is InChI=1S/C24H37N3O5/c1-4-5-6-11-20(28)27-21(19-10-9-15-32-19)18(22(29)25-2)17-24(27)12-7-8-13-26(23(24)30)14-16-31-3/h9-10,15,18,21H,4-8,11-14,16-17H2,1-3H3,(H,25,29)/t18-,21+,24-/m0/s1. The summed E-state index contributed by atoms with van der Waals surface area (Å²) in [6, 6.07) is 2.97. The number of hydrogen-bond acceptors (Lipinski definition) is 5. The first-order valence-electron chi connectivity index (χ1n) is 11.9. The molecule has 178 valence electrons. The maximum Gasteiger partial charge on any atom is 0.248 e. The number of amides is 3. The Morgan fingerprint density at radius 2 is 2.12 bits per heavy atom. The molecule has 32 heavy (non-hydrogen) atoms. The van der Waals surface area contributed by atoms with Crippen molar-refractivity contribution in [2.45, 2.75) is 69.9 Å². The first-order valence-corrected chi connectivity index (χ1v) is 11.9. The van der Waals surface area contributed by atoms with Crippen LogP contribution in [-0.4, -0.2) is 66.9 Å². The number of nitrogens with one attached hydrogen (secondary N) is 1. The maximum absolute atomic E-state index is 14.0. The summed E-state index contributed by atoms with van der Waals surface area (Å²) in [4.78, 5) is 44.2. The molecule has 3 atom stereocenters. The van der Waals surface area contributed by atoms with Crippen molar-refractivity contribution in [3.8, 4) is 0 Å². The van der Waals surface area contributed by atoms with Crippen molar-refractivity contribution in [3.05, 3.63) is 24.2 Å². The minimum Gasteiger partial charge on any atom is -0.467 e. The Hall–Kier alpha value is -2.35. The number of furan rings is 1. The molecule has 1 spiro atoms. The lowest BCUT2D eigenvalue weighted by atomic mass is 9.85. The number of methoxy groups -OCH3 is 1. The molecule has 3 heterocycles. The molecule has 8 nitrogen and oxygen atoms in total. The molecule has 2 saturated heterocycles. The predicted octanol–water partition coefficient (Wildman–Crippen LogP) is 2.89. The predicted molar refractivity (Wildman–Crippen MR) is 120 cm³/mol. The summed E-state index contributed by atoms with van der Waals surface area (Å²) in [6.07, 6.45) is 7.18. The Morgan fingerprint density at radius 3 is 2.78 bits per heavy atom.